The standard InChI is InChI=1S/C7H15FN2.C2H6/c1-6-4-9-7(3-8)5-10(6)2;1-2/h6-7,9H,3-5H2,1-2H3;1-2H3. The maximum Gasteiger partial charge on any atom is 0.106 e. The van der Waals surface area contributed by atoms with E-state index in [1.165, 1.54) is 0 Å². The van der Waals surface area contributed by atoms with E-state index in [0.29, 0.717) is 6.04 Å². The van der Waals surface area contributed by atoms with E-state index < -0.39 is 0 Å². The van der Waals surface area contributed by atoms with Crippen molar-refractivity contribution in [2.75, 3.05) is 26.8 Å². The number of likely N-dealkylation sites (N-methyl/N-ethyl adjacent to an activating group) is 1. The van der Waals surface area contributed by atoms with Crippen molar-refractivity contribution in [2.24, 2.45) is 0 Å². The van der Waals surface area contributed by atoms with Crippen LogP contribution in [0.5, 0.6) is 0 Å². The molecule has 0 spiro atoms. The minimum absolute atomic E-state index is 0.0567. The highest BCUT2D eigenvalue weighted by atomic mass is 19.1. The van der Waals surface area contributed by atoms with Gasteiger partial charge in [0.2, 0.25) is 0 Å². The summed E-state index contributed by atoms with van der Waals surface area (Å²) in [6, 6.07) is 0.601. The molecule has 1 heterocycles. The zero-order valence-electron chi connectivity index (χ0n) is 8.60. The highest BCUT2D eigenvalue weighted by molar-refractivity contribution is 4.80. The smallest absolute Gasteiger partial charge is 0.106 e. The Bertz CT molecular complexity index is 109. The fourth-order valence-electron chi connectivity index (χ4n) is 1.19. The van der Waals surface area contributed by atoms with Crippen molar-refractivity contribution in [1.29, 1.82) is 0 Å². The van der Waals surface area contributed by atoms with Crippen molar-refractivity contribution in [3.05, 3.63) is 0 Å². The van der Waals surface area contributed by atoms with Crippen LogP contribution in [0.4, 0.5) is 4.39 Å². The molecule has 74 valence electrons. The van der Waals surface area contributed by atoms with Crippen LogP contribution in [0.15, 0.2) is 0 Å². The predicted molar refractivity (Wildman–Crippen MR) is 51.2 cm³/mol. The van der Waals surface area contributed by atoms with Gasteiger partial charge in [0.15, 0.2) is 0 Å². The second kappa shape index (κ2) is 6.38. The number of halogens is 1. The summed E-state index contributed by atoms with van der Waals surface area (Å²) >= 11 is 0. The zero-order valence-corrected chi connectivity index (χ0v) is 8.60. The maximum atomic E-state index is 12.1. The SMILES string of the molecule is CC.CC1CNC(CF)CN1C. The Hall–Kier alpha value is -0.150. The predicted octanol–water partition coefficient (Wildman–Crippen LogP) is 1.27. The second-order valence-electron chi connectivity index (χ2n) is 3.05. The first kappa shape index (κ1) is 11.8. The molecule has 1 aliphatic rings. The molecule has 0 aromatic rings. The molecule has 0 aliphatic carbocycles. The topological polar surface area (TPSA) is 15.3 Å². The van der Waals surface area contributed by atoms with Crippen LogP contribution in [0.25, 0.3) is 0 Å². The van der Waals surface area contributed by atoms with Crippen LogP contribution >= 0.6 is 0 Å². The Morgan fingerprint density at radius 3 is 2.50 bits per heavy atom. The molecule has 0 bridgehead atoms. The molecule has 2 unspecified atom stereocenters. The Kier molecular flexibility index (Phi) is 6.30. The van der Waals surface area contributed by atoms with Crippen LogP contribution in [-0.2, 0) is 0 Å². The molecular formula is C9H21FN2. The molecule has 3 heteroatoms. The van der Waals surface area contributed by atoms with Gasteiger partial charge in [-0.25, -0.2) is 4.39 Å². The molecule has 1 fully saturated rings. The molecule has 2 atom stereocenters. The minimum atomic E-state index is -0.253. The van der Waals surface area contributed by atoms with E-state index in [1.54, 1.807) is 0 Å². The number of piperazine rings is 1. The van der Waals surface area contributed by atoms with Gasteiger partial charge in [0.1, 0.15) is 6.67 Å². The lowest BCUT2D eigenvalue weighted by atomic mass is 10.1. The third-order valence-electron chi connectivity index (χ3n) is 2.15. The number of rotatable bonds is 1. The van der Waals surface area contributed by atoms with Gasteiger partial charge in [0, 0.05) is 25.2 Å². The minimum Gasteiger partial charge on any atom is -0.309 e. The molecule has 0 aromatic carbocycles. The molecule has 2 nitrogen and oxygen atoms in total. The maximum absolute atomic E-state index is 12.1. The molecular weight excluding hydrogens is 155 g/mol. The third-order valence-corrected chi connectivity index (χ3v) is 2.15. The van der Waals surface area contributed by atoms with Gasteiger partial charge in [-0.3, -0.25) is 0 Å². The second-order valence-corrected chi connectivity index (χ2v) is 3.05. The summed E-state index contributed by atoms with van der Waals surface area (Å²) in [6.07, 6.45) is 0. The molecule has 12 heavy (non-hydrogen) atoms. The van der Waals surface area contributed by atoms with Gasteiger partial charge >= 0.3 is 0 Å². The van der Waals surface area contributed by atoms with Crippen molar-refractivity contribution in [3.63, 3.8) is 0 Å². The van der Waals surface area contributed by atoms with Crippen molar-refractivity contribution < 1.29 is 4.39 Å². The summed E-state index contributed by atoms with van der Waals surface area (Å²) in [6.45, 7) is 7.63. The van der Waals surface area contributed by atoms with Gasteiger partial charge < -0.3 is 10.2 Å². The lowest BCUT2D eigenvalue weighted by Gasteiger charge is -2.34. The van der Waals surface area contributed by atoms with Crippen molar-refractivity contribution >= 4 is 0 Å². The summed E-state index contributed by atoms with van der Waals surface area (Å²) in [5.74, 6) is 0. The van der Waals surface area contributed by atoms with E-state index in [4.69, 9.17) is 0 Å². The van der Waals surface area contributed by atoms with E-state index in [1.807, 2.05) is 20.9 Å². The highest BCUT2D eigenvalue weighted by Crippen LogP contribution is 2.03. The molecule has 1 aliphatic heterocycles. The van der Waals surface area contributed by atoms with Gasteiger partial charge in [-0.05, 0) is 14.0 Å². The molecule has 0 radical (unpaired) electrons. The monoisotopic (exact) mass is 176 g/mol. The Morgan fingerprint density at radius 1 is 1.50 bits per heavy atom. The number of nitrogens with zero attached hydrogens (tertiary/aromatic N) is 1. The normalized spacial score (nSPS) is 30.8. The summed E-state index contributed by atoms with van der Waals surface area (Å²) in [5.41, 5.74) is 0. The van der Waals surface area contributed by atoms with Crippen molar-refractivity contribution in [2.45, 2.75) is 32.9 Å². The third kappa shape index (κ3) is 3.50. The summed E-state index contributed by atoms with van der Waals surface area (Å²) in [4.78, 5) is 2.18. The van der Waals surface area contributed by atoms with E-state index in [-0.39, 0.29) is 12.7 Å². The lowest BCUT2D eigenvalue weighted by Crippen LogP contribution is -2.54. The Balaban J connectivity index is 0.000000561. The molecule has 0 aromatic heterocycles. The van der Waals surface area contributed by atoms with Crippen molar-refractivity contribution in [3.8, 4) is 0 Å². The molecule has 1 saturated heterocycles. The van der Waals surface area contributed by atoms with Gasteiger partial charge in [0.05, 0.1) is 0 Å². The van der Waals surface area contributed by atoms with Crippen LogP contribution in [0.1, 0.15) is 20.8 Å². The van der Waals surface area contributed by atoms with Gasteiger partial charge in [-0.2, -0.15) is 0 Å². The quantitative estimate of drug-likeness (QED) is 0.647. The first-order valence-electron chi connectivity index (χ1n) is 4.73. The van der Waals surface area contributed by atoms with Crippen LogP contribution in [0.3, 0.4) is 0 Å². The van der Waals surface area contributed by atoms with E-state index in [0.717, 1.165) is 13.1 Å². The van der Waals surface area contributed by atoms with Gasteiger partial charge in [-0.1, -0.05) is 13.8 Å². The lowest BCUT2D eigenvalue weighted by molar-refractivity contribution is 0.159. The average Bonchev–Trinajstić information content (AvgIpc) is 2.13. The Morgan fingerprint density at radius 2 is 2.08 bits per heavy atom. The fraction of sp³-hybridized carbons (Fsp3) is 1.00. The highest BCUT2D eigenvalue weighted by Gasteiger charge is 2.20. The van der Waals surface area contributed by atoms with Crippen LogP contribution < -0.4 is 5.32 Å². The summed E-state index contributed by atoms with van der Waals surface area (Å²) in [7, 11) is 2.04. The molecule has 1 rings (SSSR count). The largest absolute Gasteiger partial charge is 0.309 e. The first-order chi connectivity index (χ1) is 5.74. The summed E-state index contributed by atoms with van der Waals surface area (Å²) in [5, 5.41) is 3.13. The van der Waals surface area contributed by atoms with Gasteiger partial charge in [0.25, 0.3) is 0 Å². The van der Waals surface area contributed by atoms with E-state index >= 15 is 0 Å². The van der Waals surface area contributed by atoms with E-state index in [9.17, 15) is 4.39 Å². The van der Waals surface area contributed by atoms with Crippen LogP contribution in [-0.4, -0.2) is 43.8 Å². The number of hydrogen-bond acceptors (Lipinski definition) is 2. The van der Waals surface area contributed by atoms with E-state index in [2.05, 4.69) is 17.1 Å². The molecule has 0 saturated carbocycles. The molecule has 1 N–H and O–H groups in total. The fourth-order valence-corrected chi connectivity index (χ4v) is 1.19. The Labute approximate surface area is 75.1 Å². The number of hydrogen-bond donors (Lipinski definition) is 1. The summed E-state index contributed by atoms with van der Waals surface area (Å²) < 4.78 is 12.1. The van der Waals surface area contributed by atoms with Gasteiger partial charge in [-0.15, -0.1) is 0 Å². The van der Waals surface area contributed by atoms with Crippen LogP contribution in [0.2, 0.25) is 0 Å². The van der Waals surface area contributed by atoms with Crippen molar-refractivity contribution in [1.82, 2.24) is 10.2 Å². The number of nitrogens with one attached hydrogen (secondary N) is 1. The zero-order chi connectivity index (χ0) is 9.56. The molecule has 0 amide bonds. The first-order valence-corrected chi connectivity index (χ1v) is 4.73. The average molecular weight is 176 g/mol. The van der Waals surface area contributed by atoms with Crippen LogP contribution in [0, 0.1) is 0 Å². The number of alkyl halides is 1.